The summed E-state index contributed by atoms with van der Waals surface area (Å²) in [6, 6.07) is 7.83. The molecule has 0 aliphatic heterocycles. The number of carbonyl (C=O) groups excluding carboxylic acids is 1. The van der Waals surface area contributed by atoms with Gasteiger partial charge in [0.2, 0.25) is 0 Å². The summed E-state index contributed by atoms with van der Waals surface area (Å²) in [6.45, 7) is 2.06. The van der Waals surface area contributed by atoms with E-state index < -0.39 is 0 Å². The van der Waals surface area contributed by atoms with Crippen LogP contribution in [0.3, 0.4) is 0 Å². The molecule has 0 spiro atoms. The fourth-order valence-electron chi connectivity index (χ4n) is 3.34. The van der Waals surface area contributed by atoms with Crippen LogP contribution in [0.2, 0.25) is 0 Å². The van der Waals surface area contributed by atoms with Gasteiger partial charge in [0.15, 0.2) is 17.1 Å². The van der Waals surface area contributed by atoms with Crippen molar-refractivity contribution in [2.45, 2.75) is 32.6 Å². The molecule has 0 fully saturated rings. The minimum Gasteiger partial charge on any atom is -0.496 e. The lowest BCUT2D eigenvalue weighted by Crippen LogP contribution is -2.18. The predicted octanol–water partition coefficient (Wildman–Crippen LogP) is 2.88. The van der Waals surface area contributed by atoms with Crippen molar-refractivity contribution in [1.29, 1.82) is 0 Å². The third-order valence-corrected chi connectivity index (χ3v) is 4.50. The maximum atomic E-state index is 12.1. The van der Waals surface area contributed by atoms with E-state index in [1.165, 1.54) is 0 Å². The highest BCUT2D eigenvalue weighted by Crippen LogP contribution is 2.35. The number of ketones is 1. The maximum absolute atomic E-state index is 12.1. The summed E-state index contributed by atoms with van der Waals surface area (Å²) in [5, 5.41) is 13.3. The van der Waals surface area contributed by atoms with Crippen LogP contribution in [-0.4, -0.2) is 32.7 Å². The second kappa shape index (κ2) is 5.70. The van der Waals surface area contributed by atoms with Crippen molar-refractivity contribution in [3.05, 3.63) is 41.3 Å². The van der Waals surface area contributed by atoms with Gasteiger partial charge in [-0.05, 0) is 25.3 Å². The third kappa shape index (κ3) is 2.10. The van der Waals surface area contributed by atoms with Crippen molar-refractivity contribution in [3.8, 4) is 16.9 Å². The first kappa shape index (κ1) is 14.8. The number of Topliss-reactive ketones (excluding diaryl/α,β-unsaturated/α-hetero) is 1. The van der Waals surface area contributed by atoms with Crippen LogP contribution in [0.1, 0.15) is 41.6 Å². The van der Waals surface area contributed by atoms with E-state index >= 15 is 0 Å². The van der Waals surface area contributed by atoms with Gasteiger partial charge in [0.05, 0.1) is 24.1 Å². The number of methoxy groups -OCH3 is 1. The molecule has 0 saturated carbocycles. The van der Waals surface area contributed by atoms with E-state index in [-0.39, 0.29) is 5.78 Å². The maximum Gasteiger partial charge on any atom is 0.185 e. The largest absolute Gasteiger partial charge is 0.496 e. The van der Waals surface area contributed by atoms with E-state index in [1.54, 1.807) is 11.6 Å². The highest BCUT2D eigenvalue weighted by atomic mass is 16.5. The summed E-state index contributed by atoms with van der Waals surface area (Å²) < 4.78 is 7.31. The number of para-hydroxylation sites is 1. The first-order chi connectivity index (χ1) is 11.7. The van der Waals surface area contributed by atoms with Crippen LogP contribution in [0.15, 0.2) is 24.3 Å². The third-order valence-electron chi connectivity index (χ3n) is 4.50. The van der Waals surface area contributed by atoms with Gasteiger partial charge in [-0.2, -0.15) is 5.10 Å². The molecular weight excluding hydrogens is 304 g/mol. The fourth-order valence-corrected chi connectivity index (χ4v) is 3.34. The quantitative estimate of drug-likeness (QED) is 0.741. The molecule has 2 aromatic heterocycles. The number of ether oxygens (including phenoxy) is 1. The number of benzene rings is 1. The lowest BCUT2D eigenvalue weighted by Gasteiger charge is -2.13. The summed E-state index contributed by atoms with van der Waals surface area (Å²) in [5.74, 6) is 0.829. The first-order valence-corrected chi connectivity index (χ1v) is 8.18. The molecule has 1 aliphatic rings. The van der Waals surface area contributed by atoms with Crippen molar-refractivity contribution in [2.24, 2.45) is 0 Å². The van der Waals surface area contributed by atoms with E-state index in [9.17, 15) is 4.79 Å². The predicted molar refractivity (Wildman–Crippen MR) is 89.4 cm³/mol. The van der Waals surface area contributed by atoms with Gasteiger partial charge in [-0.25, -0.2) is 4.52 Å². The fraction of sp³-hybridized carbons (Fsp3) is 0.333. The molecule has 0 atom stereocenters. The van der Waals surface area contributed by atoms with Crippen LogP contribution in [0.25, 0.3) is 16.8 Å². The number of hydrogen-bond acceptors (Lipinski definition) is 5. The van der Waals surface area contributed by atoms with E-state index in [0.717, 1.165) is 47.5 Å². The standard InChI is InChI=1S/C18H18N4O2/c1-3-12-16(11-7-4-5-10-15(11)24-2)18-20-19-17-13(22(18)21-12)8-6-9-14(17)23/h4-5,7,10H,3,6,8-9H2,1-2H3. The molecule has 0 radical (unpaired) electrons. The Morgan fingerprint density at radius 2 is 2.04 bits per heavy atom. The zero-order chi connectivity index (χ0) is 16.7. The minimum atomic E-state index is 0.0537. The van der Waals surface area contributed by atoms with Gasteiger partial charge in [0.1, 0.15) is 5.75 Å². The topological polar surface area (TPSA) is 69.4 Å². The van der Waals surface area contributed by atoms with Crippen molar-refractivity contribution < 1.29 is 9.53 Å². The Morgan fingerprint density at radius 1 is 1.21 bits per heavy atom. The Bertz CT molecular complexity index is 946. The first-order valence-electron chi connectivity index (χ1n) is 8.18. The smallest absolute Gasteiger partial charge is 0.185 e. The molecule has 6 nitrogen and oxygen atoms in total. The molecule has 0 unspecified atom stereocenters. The summed E-state index contributed by atoms with van der Waals surface area (Å²) in [4.78, 5) is 12.1. The highest BCUT2D eigenvalue weighted by molar-refractivity contribution is 5.96. The normalized spacial score (nSPS) is 14.0. The van der Waals surface area contributed by atoms with Gasteiger partial charge in [-0.1, -0.05) is 25.1 Å². The van der Waals surface area contributed by atoms with Crippen molar-refractivity contribution in [2.75, 3.05) is 7.11 Å². The van der Waals surface area contributed by atoms with E-state index in [2.05, 4.69) is 17.1 Å². The molecule has 0 bridgehead atoms. The zero-order valence-electron chi connectivity index (χ0n) is 13.7. The number of fused-ring (bicyclic) bond motifs is 3. The second-order valence-corrected chi connectivity index (χ2v) is 5.88. The summed E-state index contributed by atoms with van der Waals surface area (Å²) in [6.07, 6.45) is 2.93. The van der Waals surface area contributed by atoms with Crippen LogP contribution in [0.5, 0.6) is 5.75 Å². The van der Waals surface area contributed by atoms with Gasteiger partial charge in [-0.15, -0.1) is 10.2 Å². The van der Waals surface area contributed by atoms with E-state index in [1.807, 2.05) is 24.3 Å². The molecule has 0 amide bonds. The van der Waals surface area contributed by atoms with Gasteiger partial charge >= 0.3 is 0 Å². The summed E-state index contributed by atoms with van der Waals surface area (Å²) >= 11 is 0. The van der Waals surface area contributed by atoms with Crippen molar-refractivity contribution in [1.82, 2.24) is 19.8 Å². The van der Waals surface area contributed by atoms with Crippen molar-refractivity contribution in [3.63, 3.8) is 0 Å². The van der Waals surface area contributed by atoms with Gasteiger partial charge in [0.25, 0.3) is 0 Å². The highest BCUT2D eigenvalue weighted by Gasteiger charge is 2.26. The zero-order valence-corrected chi connectivity index (χ0v) is 13.7. The molecule has 0 saturated heterocycles. The van der Waals surface area contributed by atoms with E-state index in [4.69, 9.17) is 9.84 Å². The molecule has 0 N–H and O–H groups in total. The van der Waals surface area contributed by atoms with Gasteiger partial charge in [0, 0.05) is 12.0 Å². The molecule has 4 rings (SSSR count). The number of aromatic nitrogens is 4. The molecule has 6 heteroatoms. The molecule has 1 aromatic carbocycles. The molecule has 24 heavy (non-hydrogen) atoms. The number of nitrogens with zero attached hydrogens (tertiary/aromatic N) is 4. The molecule has 2 heterocycles. The SMILES string of the molecule is CCc1nn2c3c(nnc2c1-c1ccccc1OC)C(=O)CCC3. The number of rotatable bonds is 3. The number of carbonyl (C=O) groups is 1. The second-order valence-electron chi connectivity index (χ2n) is 5.88. The minimum absolute atomic E-state index is 0.0537. The van der Waals surface area contributed by atoms with Crippen LogP contribution in [-0.2, 0) is 12.8 Å². The number of aryl methyl sites for hydroxylation is 2. The summed E-state index contributed by atoms with van der Waals surface area (Å²) in [7, 11) is 1.66. The lowest BCUT2D eigenvalue weighted by atomic mass is 9.99. The van der Waals surface area contributed by atoms with Gasteiger partial charge in [-0.3, -0.25) is 4.79 Å². The molecule has 122 valence electrons. The lowest BCUT2D eigenvalue weighted by molar-refractivity contribution is 0.0964. The van der Waals surface area contributed by atoms with Crippen LogP contribution >= 0.6 is 0 Å². The van der Waals surface area contributed by atoms with Gasteiger partial charge < -0.3 is 4.74 Å². The average molecular weight is 322 g/mol. The Balaban J connectivity index is 2.04. The Hall–Kier alpha value is -2.76. The van der Waals surface area contributed by atoms with Crippen LogP contribution in [0.4, 0.5) is 0 Å². The van der Waals surface area contributed by atoms with Crippen LogP contribution < -0.4 is 4.74 Å². The molecule has 3 aromatic rings. The Kier molecular flexibility index (Phi) is 3.52. The van der Waals surface area contributed by atoms with Crippen LogP contribution in [0, 0.1) is 0 Å². The number of hydrogen-bond donors (Lipinski definition) is 0. The average Bonchev–Trinajstić information content (AvgIpc) is 3.00. The van der Waals surface area contributed by atoms with E-state index in [0.29, 0.717) is 17.8 Å². The monoisotopic (exact) mass is 322 g/mol. The summed E-state index contributed by atoms with van der Waals surface area (Å²) in [5.41, 5.74) is 4.83. The Labute approximate surface area is 139 Å². The Morgan fingerprint density at radius 3 is 2.83 bits per heavy atom. The molecular formula is C18H18N4O2. The molecule has 1 aliphatic carbocycles. The van der Waals surface area contributed by atoms with Crippen molar-refractivity contribution >= 4 is 11.4 Å².